The lowest BCUT2D eigenvalue weighted by atomic mass is 9.91. The van der Waals surface area contributed by atoms with Gasteiger partial charge in [-0.3, -0.25) is 0 Å². The highest BCUT2D eigenvalue weighted by atomic mass is 16.6. The van der Waals surface area contributed by atoms with Crippen molar-refractivity contribution in [3.05, 3.63) is 36.3 Å². The molecule has 0 amide bonds. The number of benzene rings is 1. The van der Waals surface area contributed by atoms with Crippen LogP contribution in [0.1, 0.15) is 6.92 Å². The molecule has 1 aromatic carbocycles. The summed E-state index contributed by atoms with van der Waals surface area (Å²) in [4.78, 5) is 0. The lowest BCUT2D eigenvalue weighted by Crippen LogP contribution is -2.21. The fourth-order valence-electron chi connectivity index (χ4n) is 1.15. The van der Waals surface area contributed by atoms with Crippen LogP contribution < -0.4 is 9.31 Å². The molecule has 12 heavy (non-hydrogen) atoms. The predicted octanol–water partition coefficient (Wildman–Crippen LogP) is 2.06. The Kier molecular flexibility index (Phi) is 1.78. The highest BCUT2D eigenvalue weighted by Gasteiger charge is 2.27. The molecule has 0 saturated carbocycles. The van der Waals surface area contributed by atoms with Gasteiger partial charge in [-0.1, -0.05) is 18.2 Å². The minimum atomic E-state index is -0.243. The highest BCUT2D eigenvalue weighted by molar-refractivity contribution is 6.53. The molecule has 0 radical (unpaired) electrons. The Hall–Kier alpha value is -1.38. The molecule has 1 heterocycles. The van der Waals surface area contributed by atoms with Crippen molar-refractivity contribution in [2.75, 3.05) is 0 Å². The third kappa shape index (κ3) is 1.18. The van der Waals surface area contributed by atoms with Gasteiger partial charge >= 0.3 is 7.12 Å². The zero-order valence-corrected chi connectivity index (χ0v) is 6.86. The van der Waals surface area contributed by atoms with E-state index in [1.165, 1.54) is 0 Å². The van der Waals surface area contributed by atoms with Crippen molar-refractivity contribution in [2.45, 2.75) is 6.92 Å². The van der Waals surface area contributed by atoms with Crippen molar-refractivity contribution in [3.63, 3.8) is 0 Å². The summed E-state index contributed by atoms with van der Waals surface area (Å²) < 4.78 is 10.9. The molecule has 1 aromatic rings. The Morgan fingerprint density at radius 1 is 1.17 bits per heavy atom. The van der Waals surface area contributed by atoms with E-state index < -0.39 is 0 Å². The van der Waals surface area contributed by atoms with Gasteiger partial charge in [0, 0.05) is 0 Å². The van der Waals surface area contributed by atoms with Crippen molar-refractivity contribution in [1.29, 1.82) is 0 Å². The summed E-state index contributed by atoms with van der Waals surface area (Å²) in [5.74, 6) is 3.52. The first-order valence-electron chi connectivity index (χ1n) is 3.95. The van der Waals surface area contributed by atoms with Crippen molar-refractivity contribution in [1.82, 2.24) is 0 Å². The van der Waals surface area contributed by atoms with Crippen LogP contribution in [0.15, 0.2) is 36.3 Å². The van der Waals surface area contributed by atoms with Crippen molar-refractivity contribution in [3.8, 4) is 11.5 Å². The molecule has 3 heteroatoms. The molecule has 0 saturated heterocycles. The Labute approximate surface area is 72.0 Å². The van der Waals surface area contributed by atoms with E-state index in [2.05, 4.69) is 0 Å². The summed E-state index contributed by atoms with van der Waals surface area (Å²) in [6.07, 6.45) is 1.91. The molecular weight excluding hydrogens is 151 g/mol. The smallest absolute Gasteiger partial charge is 0.520 e. The van der Waals surface area contributed by atoms with Gasteiger partial charge < -0.3 is 9.31 Å². The quantitative estimate of drug-likeness (QED) is 0.585. The summed E-state index contributed by atoms with van der Waals surface area (Å²) in [5, 5.41) is 0. The topological polar surface area (TPSA) is 18.5 Å². The molecule has 60 valence electrons. The van der Waals surface area contributed by atoms with E-state index in [1.54, 1.807) is 0 Å². The second kappa shape index (κ2) is 2.93. The lowest BCUT2D eigenvalue weighted by molar-refractivity contribution is 0.517. The zero-order valence-electron chi connectivity index (χ0n) is 6.86. The average molecular weight is 160 g/mol. The second-order valence-corrected chi connectivity index (χ2v) is 2.58. The van der Waals surface area contributed by atoms with Gasteiger partial charge in [-0.15, -0.1) is 0 Å². The van der Waals surface area contributed by atoms with Gasteiger partial charge in [0.05, 0.1) is 0 Å². The molecule has 1 aliphatic rings. The first-order chi connectivity index (χ1) is 5.90. The molecule has 0 spiro atoms. The lowest BCUT2D eigenvalue weighted by Gasteiger charge is -1.95. The standard InChI is InChI=1S/C9H9BO2/c1-2-7-10-11-8-5-3-4-6-9(8)12-10/h2-7H,1H3. The van der Waals surface area contributed by atoms with Gasteiger partial charge in [0.25, 0.3) is 0 Å². The maximum atomic E-state index is 5.44. The summed E-state index contributed by atoms with van der Waals surface area (Å²) in [6.45, 7) is 1.94. The van der Waals surface area contributed by atoms with E-state index in [0.717, 1.165) is 11.5 Å². The molecule has 0 aromatic heterocycles. The molecule has 0 atom stereocenters. The molecule has 2 nitrogen and oxygen atoms in total. The van der Waals surface area contributed by atoms with Crippen LogP contribution >= 0.6 is 0 Å². The van der Waals surface area contributed by atoms with Gasteiger partial charge in [0.15, 0.2) is 0 Å². The number of hydrogen-bond donors (Lipinski definition) is 0. The maximum Gasteiger partial charge on any atom is 0.624 e. The first kappa shape index (κ1) is 7.28. The van der Waals surface area contributed by atoms with Crippen LogP contribution in [0.2, 0.25) is 0 Å². The van der Waals surface area contributed by atoms with Crippen LogP contribution in [0, 0.1) is 0 Å². The normalized spacial score (nSPS) is 14.2. The molecule has 2 rings (SSSR count). The van der Waals surface area contributed by atoms with E-state index in [4.69, 9.17) is 9.31 Å². The minimum absolute atomic E-state index is 0.243. The van der Waals surface area contributed by atoms with Crippen LogP contribution in [0.4, 0.5) is 0 Å². The number of fused-ring (bicyclic) bond motifs is 1. The summed E-state index contributed by atoms with van der Waals surface area (Å²) in [6, 6.07) is 7.66. The SMILES string of the molecule is CC=CB1Oc2ccccc2O1. The van der Waals surface area contributed by atoms with Gasteiger partial charge in [-0.05, 0) is 25.0 Å². The van der Waals surface area contributed by atoms with Gasteiger partial charge in [0.1, 0.15) is 11.5 Å². The number of rotatable bonds is 1. The molecule has 0 fully saturated rings. The zero-order chi connectivity index (χ0) is 8.39. The Bertz CT molecular complexity index is 284. The number of hydrogen-bond acceptors (Lipinski definition) is 2. The van der Waals surface area contributed by atoms with Crippen LogP contribution in [0.5, 0.6) is 11.5 Å². The van der Waals surface area contributed by atoms with Crippen LogP contribution in [-0.4, -0.2) is 7.12 Å². The Balaban J connectivity index is 2.22. The predicted molar refractivity (Wildman–Crippen MR) is 48.3 cm³/mol. The Morgan fingerprint density at radius 3 is 2.25 bits per heavy atom. The largest absolute Gasteiger partial charge is 0.624 e. The summed E-state index contributed by atoms with van der Waals surface area (Å²) in [5.41, 5.74) is 0. The van der Waals surface area contributed by atoms with Crippen LogP contribution in [0.25, 0.3) is 0 Å². The fraction of sp³-hybridized carbons (Fsp3) is 0.111. The Morgan fingerprint density at radius 2 is 1.75 bits per heavy atom. The van der Waals surface area contributed by atoms with Gasteiger partial charge in [0.2, 0.25) is 0 Å². The number of para-hydroxylation sites is 2. The second-order valence-electron chi connectivity index (χ2n) is 2.58. The summed E-state index contributed by atoms with van der Waals surface area (Å²) in [7, 11) is -0.243. The highest BCUT2D eigenvalue weighted by Crippen LogP contribution is 2.32. The molecule has 0 bridgehead atoms. The van der Waals surface area contributed by atoms with Gasteiger partial charge in [-0.2, -0.15) is 0 Å². The van der Waals surface area contributed by atoms with Crippen molar-refractivity contribution in [2.24, 2.45) is 0 Å². The number of allylic oxidation sites excluding steroid dienone is 1. The molecule has 0 unspecified atom stereocenters. The van der Waals surface area contributed by atoms with E-state index >= 15 is 0 Å². The summed E-state index contributed by atoms with van der Waals surface area (Å²) >= 11 is 0. The maximum absolute atomic E-state index is 5.44. The van der Waals surface area contributed by atoms with E-state index in [9.17, 15) is 0 Å². The third-order valence-corrected chi connectivity index (χ3v) is 1.68. The van der Waals surface area contributed by atoms with Gasteiger partial charge in [-0.25, -0.2) is 0 Å². The van der Waals surface area contributed by atoms with Crippen LogP contribution in [0.3, 0.4) is 0 Å². The monoisotopic (exact) mass is 160 g/mol. The van der Waals surface area contributed by atoms with E-state index in [-0.39, 0.29) is 7.12 Å². The minimum Gasteiger partial charge on any atom is -0.520 e. The molecule has 0 N–H and O–H groups in total. The molecular formula is C9H9BO2. The first-order valence-corrected chi connectivity index (χ1v) is 3.95. The van der Waals surface area contributed by atoms with E-state index in [1.807, 2.05) is 43.2 Å². The average Bonchev–Trinajstić information content (AvgIpc) is 2.47. The molecule has 1 aliphatic heterocycles. The van der Waals surface area contributed by atoms with Crippen molar-refractivity contribution >= 4 is 7.12 Å². The van der Waals surface area contributed by atoms with Crippen LogP contribution in [-0.2, 0) is 0 Å². The van der Waals surface area contributed by atoms with E-state index in [0.29, 0.717) is 0 Å². The molecule has 0 aliphatic carbocycles. The third-order valence-electron chi connectivity index (χ3n) is 1.68. The fourth-order valence-corrected chi connectivity index (χ4v) is 1.15. The van der Waals surface area contributed by atoms with Crippen molar-refractivity contribution < 1.29 is 9.31 Å².